The Balaban J connectivity index is -0.00000000675. The molecule has 0 rings (SSSR count). The summed E-state index contributed by atoms with van der Waals surface area (Å²) in [5.74, 6) is 0. The van der Waals surface area contributed by atoms with Crippen molar-refractivity contribution >= 4 is 6.71 Å². The predicted molar refractivity (Wildman–Crippen MR) is 88.2 cm³/mol. The quantitative estimate of drug-likeness (QED) is 0.371. The molecule has 0 aromatic carbocycles. The molecule has 0 aliphatic heterocycles. The van der Waals surface area contributed by atoms with Crippen molar-refractivity contribution < 1.29 is 98.1 Å². The maximum absolute atomic E-state index is 2.17. The van der Waals surface area contributed by atoms with Crippen LogP contribution in [-0.2, 0) is 98.1 Å². The topological polar surface area (TPSA) is 6.48 Å². The van der Waals surface area contributed by atoms with Crippen LogP contribution in [0.1, 0.15) is 0 Å². The van der Waals surface area contributed by atoms with E-state index in [4.69, 9.17) is 0 Å². The van der Waals surface area contributed by atoms with E-state index in [1.54, 1.807) is 0 Å². The summed E-state index contributed by atoms with van der Waals surface area (Å²) < 4.78 is 0. The van der Waals surface area contributed by atoms with Crippen molar-refractivity contribution in [2.24, 2.45) is 0 Å². The number of nitrogens with zero attached hydrogens (tertiary/aromatic N) is 2. The molecule has 0 atom stereocenters. The zero-order valence-electron chi connectivity index (χ0n) is 16.2. The fraction of sp³-hybridized carbons (Fsp3) is 0.692. The van der Waals surface area contributed by atoms with Crippen molar-refractivity contribution in [3.05, 3.63) is 29.7 Å². The maximum Gasteiger partial charge on any atom is 0.130 e. The van der Waals surface area contributed by atoms with Gasteiger partial charge in [0.05, 0.1) is 0 Å². The molecule has 0 unspecified atom stereocenters. The molecule has 0 aliphatic rings. The fourth-order valence-electron chi connectivity index (χ4n) is 0. The number of rotatable bonds is 0. The van der Waals surface area contributed by atoms with Gasteiger partial charge in [0, 0.05) is 98.1 Å². The van der Waals surface area contributed by atoms with Crippen LogP contribution in [0.5, 0.6) is 0 Å². The van der Waals surface area contributed by atoms with Crippen LogP contribution in [0, 0.1) is 29.7 Å². The van der Waals surface area contributed by atoms with Crippen molar-refractivity contribution in [2.45, 2.75) is 20.5 Å². The van der Waals surface area contributed by atoms with Crippen LogP contribution in [0.25, 0.3) is 0 Å². The Bertz CT molecular complexity index is 54.4. The first-order valence-corrected chi connectivity index (χ1v) is 4.42. The Kier molecular flexibility index (Phi) is 204. The summed E-state index contributed by atoms with van der Waals surface area (Å²) in [6.07, 6.45) is 0. The van der Waals surface area contributed by atoms with Gasteiger partial charge in [-0.15, -0.1) is 0 Å². The predicted octanol–water partition coefficient (Wildman–Crippen LogP) is 3.52. The second-order valence-corrected chi connectivity index (χ2v) is 4.42. The van der Waals surface area contributed by atoms with Crippen molar-refractivity contribution in [1.82, 2.24) is 9.80 Å². The minimum Gasteiger partial charge on any atom is -0.358 e. The first-order valence-electron chi connectivity index (χ1n) is 4.42. The molecule has 0 aromatic rings. The molecule has 3 radical (unpaired) electrons. The van der Waals surface area contributed by atoms with E-state index >= 15 is 0 Å². The Morgan fingerprint density at radius 2 is 0.474 bits per heavy atom. The average Bonchev–Trinajstić information content (AvgIpc) is 1.54. The van der Waals surface area contributed by atoms with Gasteiger partial charge in [0.2, 0.25) is 0 Å². The van der Waals surface area contributed by atoms with Crippen molar-refractivity contribution in [3.8, 4) is 0 Å². The molecule has 6 heteroatoms. The Morgan fingerprint density at radius 3 is 0.474 bits per heavy atom. The van der Waals surface area contributed by atoms with Crippen molar-refractivity contribution in [1.29, 1.82) is 0 Å². The third-order valence-corrected chi connectivity index (χ3v) is 0. The molecule has 117 valence electrons. The monoisotopic (exact) mass is 501 g/mol. The first kappa shape index (κ1) is 66.9. The van der Waals surface area contributed by atoms with Crippen LogP contribution in [0.15, 0.2) is 0 Å². The van der Waals surface area contributed by atoms with Gasteiger partial charge in [0.1, 0.15) is 6.71 Å². The first-order chi connectivity index (χ1) is 5.20. The third-order valence-electron chi connectivity index (χ3n) is 0. The molecule has 0 bridgehead atoms. The average molecular weight is 501 g/mol. The van der Waals surface area contributed by atoms with E-state index in [9.17, 15) is 0 Å². The molecule has 0 spiro atoms. The van der Waals surface area contributed by atoms with Gasteiger partial charge in [0.15, 0.2) is 0 Å². The summed E-state index contributed by atoms with van der Waals surface area (Å²) in [4.78, 5) is 4.00. The van der Waals surface area contributed by atoms with Crippen LogP contribution < -0.4 is 0 Å². The van der Waals surface area contributed by atoms with Crippen LogP contribution in [-0.4, -0.2) is 58.8 Å². The minimum atomic E-state index is 0. The molecule has 19 heavy (non-hydrogen) atoms. The Hall–Kier alpha value is 3.30. The van der Waals surface area contributed by atoms with Gasteiger partial charge in [-0.25, -0.2) is 0 Å². The number of hydrogen-bond donors (Lipinski definition) is 0. The molecule has 0 saturated carbocycles. The zero-order chi connectivity index (χ0) is 10.7. The minimum absolute atomic E-state index is 0. The normalized spacial score (nSPS) is 5.21. The van der Waals surface area contributed by atoms with Gasteiger partial charge in [-0.3, -0.25) is 0 Å². The molecule has 0 aliphatic carbocycles. The van der Waals surface area contributed by atoms with E-state index < -0.39 is 0 Å². The number of hydrogen-bond acceptors (Lipinski definition) is 2. The van der Waals surface area contributed by atoms with Crippen LogP contribution in [0.3, 0.4) is 0 Å². The summed E-state index contributed by atoms with van der Waals surface area (Å²) in [7, 11) is 12.0. The maximum atomic E-state index is 2.17. The molecule has 0 fully saturated rings. The van der Waals surface area contributed by atoms with Gasteiger partial charge in [-0.05, 0) is 42.3 Å². The van der Waals surface area contributed by atoms with E-state index in [1.807, 2.05) is 52.1 Å². The standard InChI is InChI=1S/C3H9B.2C3H9N.4CH3.3Y/c3*1-4(2)3;;;;;;;/h3*1-3H3;4*1H3;;;/q;;;4*-1;;;. The summed E-state index contributed by atoms with van der Waals surface area (Å²) in [6.45, 7) is 7.33. The van der Waals surface area contributed by atoms with E-state index in [2.05, 4.69) is 20.5 Å². The van der Waals surface area contributed by atoms with Gasteiger partial charge >= 0.3 is 0 Å². The fourth-order valence-corrected chi connectivity index (χ4v) is 0. The van der Waals surface area contributed by atoms with E-state index in [1.165, 1.54) is 0 Å². The van der Waals surface area contributed by atoms with E-state index in [0.29, 0.717) is 0 Å². The Labute approximate surface area is 204 Å². The van der Waals surface area contributed by atoms with Gasteiger partial charge in [-0.1, -0.05) is 20.5 Å². The molecule has 2 nitrogen and oxygen atoms in total. The molecule has 0 saturated heterocycles. The molecular formula is C13H39BN2Y3-4. The SMILES string of the molecule is CB(C)C.CN(C)C.CN(C)C.[CH3-].[CH3-].[CH3-].[CH3-].[Y].[Y].[Y]. The summed E-state index contributed by atoms with van der Waals surface area (Å²) in [5, 5.41) is 0. The van der Waals surface area contributed by atoms with Crippen LogP contribution in [0.4, 0.5) is 0 Å². The molecular weight excluding hydrogens is 462 g/mol. The zero-order valence-corrected chi connectivity index (χ0v) is 24.7. The smallest absolute Gasteiger partial charge is 0.130 e. The van der Waals surface area contributed by atoms with Crippen molar-refractivity contribution in [3.63, 3.8) is 0 Å². The Morgan fingerprint density at radius 1 is 0.474 bits per heavy atom. The molecule has 0 aromatic heterocycles. The van der Waals surface area contributed by atoms with E-state index in [-0.39, 0.29) is 128 Å². The third kappa shape index (κ3) is 730. The van der Waals surface area contributed by atoms with Gasteiger partial charge in [0.25, 0.3) is 0 Å². The summed E-state index contributed by atoms with van der Waals surface area (Å²) in [5.41, 5.74) is 0. The summed E-state index contributed by atoms with van der Waals surface area (Å²) >= 11 is 0. The largest absolute Gasteiger partial charge is 0.358 e. The van der Waals surface area contributed by atoms with Crippen LogP contribution >= 0.6 is 0 Å². The van der Waals surface area contributed by atoms with Gasteiger partial charge < -0.3 is 39.5 Å². The molecule has 0 amide bonds. The summed E-state index contributed by atoms with van der Waals surface area (Å²) in [6, 6.07) is 0. The molecule has 0 heterocycles. The van der Waals surface area contributed by atoms with Gasteiger partial charge in [-0.2, -0.15) is 0 Å². The molecule has 0 N–H and O–H groups in total. The second-order valence-electron chi connectivity index (χ2n) is 4.42. The van der Waals surface area contributed by atoms with Crippen molar-refractivity contribution in [2.75, 3.05) is 42.3 Å². The van der Waals surface area contributed by atoms with E-state index in [0.717, 1.165) is 6.71 Å². The second kappa shape index (κ2) is 58.0. The van der Waals surface area contributed by atoms with Crippen LogP contribution in [0.2, 0.25) is 20.5 Å².